The summed E-state index contributed by atoms with van der Waals surface area (Å²) in [4.78, 5) is 5.11. The Balaban J connectivity index is 2.17. The highest BCUT2D eigenvalue weighted by atomic mass is 32.1. The van der Waals surface area contributed by atoms with Gasteiger partial charge in [-0.15, -0.1) is 11.3 Å². The van der Waals surface area contributed by atoms with Crippen LogP contribution in [0.4, 0.5) is 0 Å². The quantitative estimate of drug-likeness (QED) is 0.871. The number of aliphatic hydroxyl groups is 1. The molecule has 2 aromatic rings. The fraction of sp³-hybridized carbons (Fsp3) is 0.300. The zero-order chi connectivity index (χ0) is 10.0. The van der Waals surface area contributed by atoms with Crippen LogP contribution < -0.4 is 0 Å². The van der Waals surface area contributed by atoms with Gasteiger partial charge in [0.25, 0.3) is 0 Å². The minimum absolute atomic E-state index is 0.633. The zero-order valence-corrected chi connectivity index (χ0v) is 9.44. The number of aromatic nitrogens is 1. The van der Waals surface area contributed by atoms with Crippen LogP contribution in [0.25, 0.3) is 0 Å². The molecule has 0 radical (unpaired) electrons. The third-order valence-electron chi connectivity index (χ3n) is 2.14. The maximum absolute atomic E-state index is 10.2. The molecule has 0 fully saturated rings. The fourth-order valence-corrected chi connectivity index (χ4v) is 2.87. The normalized spacial score (nSPS) is 15.3. The predicted octanol–water partition coefficient (Wildman–Crippen LogP) is 2.65. The highest BCUT2D eigenvalue weighted by molar-refractivity contribution is 7.09. The van der Waals surface area contributed by atoms with Crippen molar-refractivity contribution in [3.63, 3.8) is 0 Å². The Kier molecular flexibility index (Phi) is 2.67. The Hall–Kier alpha value is -0.710. The number of hydrogen-bond acceptors (Lipinski definition) is 4. The Morgan fingerprint density at radius 1 is 1.57 bits per heavy atom. The predicted molar refractivity (Wildman–Crippen MR) is 59.7 cm³/mol. The summed E-state index contributed by atoms with van der Waals surface area (Å²) in [7, 11) is 0. The summed E-state index contributed by atoms with van der Waals surface area (Å²) in [5.41, 5.74) is 2.00. The van der Waals surface area contributed by atoms with Gasteiger partial charge < -0.3 is 5.11 Å². The lowest BCUT2D eigenvalue weighted by Crippen LogP contribution is -2.22. The van der Waals surface area contributed by atoms with Crippen LogP contribution in [0, 0.1) is 0 Å². The third-order valence-corrected chi connectivity index (χ3v) is 3.61. The number of thiophene rings is 1. The molecular formula is C10H11NOS2. The monoisotopic (exact) mass is 225 g/mol. The molecule has 0 bridgehead atoms. The number of hydrogen-bond donors (Lipinski definition) is 1. The van der Waals surface area contributed by atoms with Crippen molar-refractivity contribution in [2.75, 3.05) is 0 Å². The van der Waals surface area contributed by atoms with Gasteiger partial charge in [-0.3, -0.25) is 4.98 Å². The Labute approximate surface area is 90.9 Å². The summed E-state index contributed by atoms with van der Waals surface area (Å²) in [5.74, 6) is 0. The molecule has 0 aliphatic heterocycles. The van der Waals surface area contributed by atoms with Gasteiger partial charge in [0.05, 0.1) is 11.1 Å². The van der Waals surface area contributed by atoms with Crippen LogP contribution in [-0.2, 0) is 12.0 Å². The third kappa shape index (κ3) is 2.03. The minimum Gasteiger partial charge on any atom is -0.385 e. The van der Waals surface area contributed by atoms with Crippen LogP contribution in [0.3, 0.4) is 0 Å². The number of thiazole rings is 1. The van der Waals surface area contributed by atoms with E-state index in [2.05, 4.69) is 4.98 Å². The molecular weight excluding hydrogens is 214 g/mol. The molecule has 1 N–H and O–H groups in total. The molecule has 0 aromatic carbocycles. The average molecular weight is 225 g/mol. The topological polar surface area (TPSA) is 33.1 Å². The summed E-state index contributed by atoms with van der Waals surface area (Å²) < 4.78 is 0. The van der Waals surface area contributed by atoms with Crippen molar-refractivity contribution in [1.29, 1.82) is 0 Å². The van der Waals surface area contributed by atoms with Gasteiger partial charge in [-0.1, -0.05) is 0 Å². The largest absolute Gasteiger partial charge is 0.385 e. The van der Waals surface area contributed by atoms with Gasteiger partial charge in [0.15, 0.2) is 0 Å². The maximum Gasteiger partial charge on any atom is 0.0925 e. The van der Waals surface area contributed by atoms with Crippen molar-refractivity contribution >= 4 is 22.7 Å². The molecule has 0 aliphatic carbocycles. The van der Waals surface area contributed by atoms with Crippen molar-refractivity contribution in [3.05, 3.63) is 39.0 Å². The SMILES string of the molecule is CC(O)(Cc1cncs1)c1ccsc1. The molecule has 0 saturated heterocycles. The molecule has 74 valence electrons. The van der Waals surface area contributed by atoms with E-state index in [-0.39, 0.29) is 0 Å². The second-order valence-electron chi connectivity index (χ2n) is 3.43. The van der Waals surface area contributed by atoms with Gasteiger partial charge in [0.2, 0.25) is 0 Å². The van der Waals surface area contributed by atoms with Crippen LogP contribution >= 0.6 is 22.7 Å². The van der Waals surface area contributed by atoms with E-state index >= 15 is 0 Å². The van der Waals surface area contributed by atoms with Crippen molar-refractivity contribution in [3.8, 4) is 0 Å². The first kappa shape index (κ1) is 9.83. The van der Waals surface area contributed by atoms with E-state index in [0.29, 0.717) is 6.42 Å². The summed E-state index contributed by atoms with van der Waals surface area (Å²) in [6.45, 7) is 1.84. The Morgan fingerprint density at radius 2 is 2.43 bits per heavy atom. The molecule has 0 amide bonds. The maximum atomic E-state index is 10.2. The summed E-state index contributed by atoms with van der Waals surface area (Å²) in [5, 5.41) is 14.2. The van der Waals surface area contributed by atoms with Crippen molar-refractivity contribution in [1.82, 2.24) is 4.98 Å². The van der Waals surface area contributed by atoms with E-state index in [1.54, 1.807) is 28.2 Å². The van der Waals surface area contributed by atoms with Crippen molar-refractivity contribution < 1.29 is 5.11 Å². The summed E-state index contributed by atoms with van der Waals surface area (Å²) in [6.07, 6.45) is 2.44. The molecule has 4 heteroatoms. The molecule has 1 unspecified atom stereocenters. The van der Waals surface area contributed by atoms with Gasteiger partial charge in [-0.05, 0) is 29.3 Å². The summed E-state index contributed by atoms with van der Waals surface area (Å²) in [6, 6.07) is 1.96. The molecule has 2 heterocycles. The first-order valence-corrected chi connectivity index (χ1v) is 6.13. The lowest BCUT2D eigenvalue weighted by atomic mass is 9.95. The van der Waals surface area contributed by atoms with Gasteiger partial charge in [-0.2, -0.15) is 11.3 Å². The van der Waals surface area contributed by atoms with Gasteiger partial charge >= 0.3 is 0 Å². The molecule has 2 aromatic heterocycles. The lowest BCUT2D eigenvalue weighted by molar-refractivity contribution is 0.0589. The first-order valence-electron chi connectivity index (χ1n) is 4.31. The number of rotatable bonds is 3. The fourth-order valence-electron chi connectivity index (χ4n) is 1.34. The van der Waals surface area contributed by atoms with Crippen molar-refractivity contribution in [2.45, 2.75) is 18.9 Å². The van der Waals surface area contributed by atoms with E-state index in [4.69, 9.17) is 0 Å². The van der Waals surface area contributed by atoms with Gasteiger partial charge in [-0.25, -0.2) is 0 Å². The standard InChI is InChI=1S/C10H11NOS2/c1-10(12,8-2-3-13-6-8)4-9-5-11-7-14-9/h2-3,5-7,12H,4H2,1H3. The van der Waals surface area contributed by atoms with Gasteiger partial charge in [0, 0.05) is 17.5 Å². The lowest BCUT2D eigenvalue weighted by Gasteiger charge is -2.21. The molecule has 0 saturated carbocycles. The van der Waals surface area contributed by atoms with E-state index in [9.17, 15) is 5.11 Å². The van der Waals surface area contributed by atoms with Crippen LogP contribution in [0.1, 0.15) is 17.4 Å². The molecule has 14 heavy (non-hydrogen) atoms. The molecule has 0 spiro atoms. The van der Waals surface area contributed by atoms with Crippen LogP contribution in [0.5, 0.6) is 0 Å². The highest BCUT2D eigenvalue weighted by Crippen LogP contribution is 2.27. The van der Waals surface area contributed by atoms with E-state index in [1.165, 1.54) is 0 Å². The Bertz CT molecular complexity index is 378. The molecule has 0 aliphatic rings. The van der Waals surface area contributed by atoms with Crippen LogP contribution in [0.2, 0.25) is 0 Å². The molecule has 2 nitrogen and oxygen atoms in total. The van der Waals surface area contributed by atoms with Crippen LogP contribution in [-0.4, -0.2) is 10.1 Å². The second-order valence-corrected chi connectivity index (χ2v) is 5.18. The summed E-state index contributed by atoms with van der Waals surface area (Å²) >= 11 is 3.19. The average Bonchev–Trinajstić information content (AvgIpc) is 2.71. The zero-order valence-electron chi connectivity index (χ0n) is 7.80. The van der Waals surface area contributed by atoms with Crippen LogP contribution in [0.15, 0.2) is 28.5 Å². The Morgan fingerprint density at radius 3 is 3.00 bits per heavy atom. The molecule has 2 rings (SSSR count). The first-order chi connectivity index (χ1) is 6.68. The van der Waals surface area contributed by atoms with E-state index in [0.717, 1.165) is 10.4 Å². The molecule has 1 atom stereocenters. The number of nitrogens with zero attached hydrogens (tertiary/aromatic N) is 1. The second kappa shape index (κ2) is 3.81. The van der Waals surface area contributed by atoms with Crippen molar-refractivity contribution in [2.24, 2.45) is 0 Å². The van der Waals surface area contributed by atoms with Gasteiger partial charge in [0.1, 0.15) is 0 Å². The minimum atomic E-state index is -0.771. The highest BCUT2D eigenvalue weighted by Gasteiger charge is 2.24. The smallest absolute Gasteiger partial charge is 0.0925 e. The van der Waals surface area contributed by atoms with E-state index in [1.807, 2.05) is 29.9 Å². The van der Waals surface area contributed by atoms with E-state index < -0.39 is 5.60 Å².